The van der Waals surface area contributed by atoms with Crippen LogP contribution in [0.5, 0.6) is 0 Å². The van der Waals surface area contributed by atoms with Crippen molar-refractivity contribution in [3.63, 3.8) is 0 Å². The molecule has 92 valence electrons. The summed E-state index contributed by atoms with van der Waals surface area (Å²) in [6, 6.07) is 0.577. The molecule has 0 aromatic carbocycles. The van der Waals surface area contributed by atoms with E-state index in [2.05, 4.69) is 24.1 Å². The van der Waals surface area contributed by atoms with E-state index in [0.717, 1.165) is 13.1 Å². The van der Waals surface area contributed by atoms with Crippen LogP contribution in [0.15, 0.2) is 0 Å². The molecule has 1 amide bonds. The molecule has 1 N–H and O–H groups in total. The van der Waals surface area contributed by atoms with Gasteiger partial charge in [0.2, 0.25) is 5.91 Å². The summed E-state index contributed by atoms with van der Waals surface area (Å²) < 4.78 is 0. The van der Waals surface area contributed by atoms with Gasteiger partial charge in [0, 0.05) is 6.04 Å². The maximum absolute atomic E-state index is 12.2. The van der Waals surface area contributed by atoms with Crippen LogP contribution in [-0.4, -0.2) is 41.1 Å². The number of nitrogens with zero attached hydrogens (tertiary/aromatic N) is 1. The molecule has 0 bridgehead atoms. The molecule has 16 heavy (non-hydrogen) atoms. The molecule has 2 aliphatic heterocycles. The molecule has 0 aliphatic carbocycles. The standard InChI is InChI=1S/C12H22N2OS/c1-9(2)7-11-12(15)14(8-13-11)10-3-5-16-6-4-10/h9-11,13H,3-8H2,1-2H3. The van der Waals surface area contributed by atoms with E-state index in [-0.39, 0.29) is 6.04 Å². The van der Waals surface area contributed by atoms with Crippen molar-refractivity contribution in [2.24, 2.45) is 5.92 Å². The highest BCUT2D eigenvalue weighted by atomic mass is 32.2. The Balaban J connectivity index is 1.90. The van der Waals surface area contributed by atoms with E-state index in [0.29, 0.717) is 17.9 Å². The number of carbonyl (C=O) groups is 1. The second kappa shape index (κ2) is 5.41. The van der Waals surface area contributed by atoms with Crippen molar-refractivity contribution in [1.82, 2.24) is 10.2 Å². The molecule has 1 unspecified atom stereocenters. The van der Waals surface area contributed by atoms with Crippen LogP contribution < -0.4 is 5.32 Å². The van der Waals surface area contributed by atoms with Gasteiger partial charge in [-0.05, 0) is 36.7 Å². The van der Waals surface area contributed by atoms with Crippen LogP contribution >= 0.6 is 11.8 Å². The van der Waals surface area contributed by atoms with E-state index < -0.39 is 0 Å². The second-order valence-electron chi connectivity index (χ2n) is 5.20. The second-order valence-corrected chi connectivity index (χ2v) is 6.42. The Morgan fingerprint density at radius 1 is 1.44 bits per heavy atom. The zero-order chi connectivity index (χ0) is 11.5. The predicted molar refractivity (Wildman–Crippen MR) is 68.4 cm³/mol. The van der Waals surface area contributed by atoms with Crippen LogP contribution in [0.1, 0.15) is 33.1 Å². The molecule has 2 aliphatic rings. The molecule has 3 nitrogen and oxygen atoms in total. The minimum Gasteiger partial charge on any atom is -0.326 e. The van der Waals surface area contributed by atoms with Crippen molar-refractivity contribution < 1.29 is 4.79 Å². The van der Waals surface area contributed by atoms with Crippen LogP contribution in [-0.2, 0) is 4.79 Å². The van der Waals surface area contributed by atoms with E-state index in [1.807, 2.05) is 11.8 Å². The number of hydrogen-bond acceptors (Lipinski definition) is 3. The molecule has 0 saturated carbocycles. The minimum absolute atomic E-state index is 0.0783. The topological polar surface area (TPSA) is 32.3 Å². The number of carbonyl (C=O) groups excluding carboxylic acids is 1. The van der Waals surface area contributed by atoms with Crippen LogP contribution in [0.4, 0.5) is 0 Å². The van der Waals surface area contributed by atoms with Gasteiger partial charge >= 0.3 is 0 Å². The maximum atomic E-state index is 12.2. The number of rotatable bonds is 3. The Morgan fingerprint density at radius 2 is 2.12 bits per heavy atom. The predicted octanol–water partition coefficient (Wildman–Crippen LogP) is 1.69. The summed E-state index contributed by atoms with van der Waals surface area (Å²) in [6.45, 7) is 5.12. The number of hydrogen-bond donors (Lipinski definition) is 1. The monoisotopic (exact) mass is 242 g/mol. The Kier molecular flexibility index (Phi) is 4.14. The van der Waals surface area contributed by atoms with Gasteiger partial charge in [-0.15, -0.1) is 0 Å². The Bertz CT molecular complexity index is 251. The first-order valence-electron chi connectivity index (χ1n) is 6.30. The normalized spacial score (nSPS) is 28.1. The average molecular weight is 242 g/mol. The van der Waals surface area contributed by atoms with Gasteiger partial charge in [-0.2, -0.15) is 11.8 Å². The summed E-state index contributed by atoms with van der Waals surface area (Å²) in [5.41, 5.74) is 0. The van der Waals surface area contributed by atoms with Crippen LogP contribution in [0.25, 0.3) is 0 Å². The van der Waals surface area contributed by atoms with Gasteiger partial charge < -0.3 is 4.90 Å². The maximum Gasteiger partial charge on any atom is 0.241 e. The zero-order valence-electron chi connectivity index (χ0n) is 10.2. The summed E-state index contributed by atoms with van der Waals surface area (Å²) in [6.07, 6.45) is 3.32. The first-order chi connectivity index (χ1) is 7.68. The van der Waals surface area contributed by atoms with E-state index in [1.165, 1.54) is 24.3 Å². The molecule has 1 atom stereocenters. The fourth-order valence-corrected chi connectivity index (χ4v) is 3.62. The summed E-state index contributed by atoms with van der Waals surface area (Å²) in [5.74, 6) is 3.35. The molecule has 2 saturated heterocycles. The van der Waals surface area contributed by atoms with Crippen molar-refractivity contribution in [3.05, 3.63) is 0 Å². The Hall–Kier alpha value is -0.220. The Morgan fingerprint density at radius 3 is 2.75 bits per heavy atom. The smallest absolute Gasteiger partial charge is 0.241 e. The largest absolute Gasteiger partial charge is 0.326 e. The summed E-state index contributed by atoms with van der Waals surface area (Å²) in [7, 11) is 0. The first-order valence-corrected chi connectivity index (χ1v) is 7.45. The lowest BCUT2D eigenvalue weighted by Gasteiger charge is -2.30. The van der Waals surface area contributed by atoms with E-state index >= 15 is 0 Å². The molecule has 0 spiro atoms. The number of amides is 1. The minimum atomic E-state index is 0.0783. The van der Waals surface area contributed by atoms with Crippen LogP contribution in [0, 0.1) is 5.92 Å². The average Bonchev–Trinajstić information content (AvgIpc) is 2.61. The van der Waals surface area contributed by atoms with Gasteiger partial charge in [0.15, 0.2) is 0 Å². The van der Waals surface area contributed by atoms with E-state index in [1.54, 1.807) is 0 Å². The van der Waals surface area contributed by atoms with Crippen LogP contribution in [0.2, 0.25) is 0 Å². The van der Waals surface area contributed by atoms with Gasteiger partial charge in [-0.3, -0.25) is 10.1 Å². The molecule has 2 heterocycles. The van der Waals surface area contributed by atoms with Crippen molar-refractivity contribution in [1.29, 1.82) is 0 Å². The molecule has 0 aromatic heterocycles. The molecule has 2 fully saturated rings. The van der Waals surface area contributed by atoms with Gasteiger partial charge in [-0.1, -0.05) is 13.8 Å². The first kappa shape index (κ1) is 12.2. The van der Waals surface area contributed by atoms with Crippen molar-refractivity contribution >= 4 is 17.7 Å². The van der Waals surface area contributed by atoms with Gasteiger partial charge in [-0.25, -0.2) is 0 Å². The zero-order valence-corrected chi connectivity index (χ0v) is 11.1. The van der Waals surface area contributed by atoms with E-state index in [4.69, 9.17) is 0 Å². The fraction of sp³-hybridized carbons (Fsp3) is 0.917. The summed E-state index contributed by atoms with van der Waals surface area (Å²) in [4.78, 5) is 14.3. The summed E-state index contributed by atoms with van der Waals surface area (Å²) in [5, 5.41) is 3.35. The van der Waals surface area contributed by atoms with Crippen molar-refractivity contribution in [2.45, 2.75) is 45.2 Å². The van der Waals surface area contributed by atoms with Gasteiger partial charge in [0.05, 0.1) is 12.7 Å². The van der Waals surface area contributed by atoms with Crippen molar-refractivity contribution in [2.75, 3.05) is 18.2 Å². The highest BCUT2D eigenvalue weighted by Gasteiger charge is 2.35. The van der Waals surface area contributed by atoms with Gasteiger partial charge in [0.25, 0.3) is 0 Å². The van der Waals surface area contributed by atoms with E-state index in [9.17, 15) is 4.79 Å². The molecule has 0 radical (unpaired) electrons. The lowest BCUT2D eigenvalue weighted by atomic mass is 10.0. The third-order valence-corrected chi connectivity index (χ3v) is 4.48. The molecular formula is C12H22N2OS. The quantitative estimate of drug-likeness (QED) is 0.817. The SMILES string of the molecule is CC(C)CC1NCN(C2CCSCC2)C1=O. The number of thioether (sulfide) groups is 1. The molecular weight excluding hydrogens is 220 g/mol. The third-order valence-electron chi connectivity index (χ3n) is 3.43. The third kappa shape index (κ3) is 2.72. The fourth-order valence-electron chi connectivity index (χ4n) is 2.54. The van der Waals surface area contributed by atoms with Crippen LogP contribution in [0.3, 0.4) is 0 Å². The molecule has 4 heteroatoms. The van der Waals surface area contributed by atoms with Gasteiger partial charge in [0.1, 0.15) is 0 Å². The lowest BCUT2D eigenvalue weighted by Crippen LogP contribution is -2.40. The Labute approximate surface area is 102 Å². The lowest BCUT2D eigenvalue weighted by molar-refractivity contribution is -0.131. The number of nitrogens with one attached hydrogen (secondary N) is 1. The molecule has 0 aromatic rings. The highest BCUT2D eigenvalue weighted by Crippen LogP contribution is 2.24. The summed E-state index contributed by atoms with van der Waals surface area (Å²) >= 11 is 2.01. The molecule has 2 rings (SSSR count). The van der Waals surface area contributed by atoms with Crippen molar-refractivity contribution in [3.8, 4) is 0 Å². The highest BCUT2D eigenvalue weighted by molar-refractivity contribution is 7.99.